The van der Waals surface area contributed by atoms with Gasteiger partial charge >= 0.3 is 11.9 Å². The minimum Gasteiger partial charge on any atom is -0.467 e. The highest BCUT2D eigenvalue weighted by Crippen LogP contribution is 2.15. The maximum Gasteiger partial charge on any atom is 0.341 e. The topological polar surface area (TPSA) is 73.9 Å². The van der Waals surface area contributed by atoms with Crippen LogP contribution in [-0.2, 0) is 23.9 Å². The summed E-state index contributed by atoms with van der Waals surface area (Å²) in [6.07, 6.45) is 1.51. The van der Waals surface area contributed by atoms with E-state index in [1.807, 2.05) is 20.8 Å². The van der Waals surface area contributed by atoms with Gasteiger partial charge in [-0.05, 0) is 33.3 Å². The van der Waals surface area contributed by atoms with Crippen LogP contribution in [0.2, 0.25) is 0 Å². The van der Waals surface area contributed by atoms with Gasteiger partial charge in [-0.15, -0.1) is 0 Å². The zero-order valence-corrected chi connectivity index (χ0v) is 11.1. The van der Waals surface area contributed by atoms with Gasteiger partial charge in [-0.25, -0.2) is 4.79 Å². The van der Waals surface area contributed by atoms with Crippen molar-refractivity contribution in [2.45, 2.75) is 45.3 Å². The molecule has 6 heteroatoms. The largest absolute Gasteiger partial charge is 0.467 e. The highest BCUT2D eigenvalue weighted by atomic mass is 16.7. The molecule has 1 N–H and O–H groups in total. The molecule has 0 aromatic heterocycles. The Morgan fingerprint density at radius 2 is 2.11 bits per heavy atom. The Bertz CT molecular complexity index is 356. The number of allylic oxidation sites excluding steroid dienone is 1. The minimum atomic E-state index is -0.747. The number of hydrogen-bond acceptors (Lipinski definition) is 6. The summed E-state index contributed by atoms with van der Waals surface area (Å²) < 4.78 is 9.70. The fraction of sp³-hybridized carbons (Fsp3) is 0.667. The predicted octanol–water partition coefficient (Wildman–Crippen LogP) is 1.07. The molecule has 0 bridgehead atoms. The molecule has 0 spiro atoms. The first-order valence-electron chi connectivity index (χ1n) is 5.74. The van der Waals surface area contributed by atoms with Crippen LogP contribution in [-0.4, -0.2) is 30.8 Å². The molecule has 0 radical (unpaired) electrons. The van der Waals surface area contributed by atoms with Gasteiger partial charge in [-0.3, -0.25) is 15.1 Å². The SMILES string of the molecule is COC(=O)C1C=C(CCC(=O)OC(C)(C)C)NO1. The van der Waals surface area contributed by atoms with Crippen LogP contribution in [0, 0.1) is 0 Å². The first kappa shape index (κ1) is 14.5. The molecule has 1 unspecified atom stereocenters. The first-order valence-corrected chi connectivity index (χ1v) is 5.74. The second-order valence-corrected chi connectivity index (χ2v) is 4.94. The summed E-state index contributed by atoms with van der Waals surface area (Å²) in [5.41, 5.74) is 2.78. The third kappa shape index (κ3) is 4.75. The lowest BCUT2D eigenvalue weighted by Gasteiger charge is -2.19. The predicted molar refractivity (Wildman–Crippen MR) is 63.2 cm³/mol. The number of carbonyl (C=O) groups excluding carboxylic acids is 2. The van der Waals surface area contributed by atoms with E-state index < -0.39 is 17.7 Å². The van der Waals surface area contributed by atoms with Gasteiger partial charge in [0.05, 0.1) is 13.5 Å². The zero-order chi connectivity index (χ0) is 13.8. The number of esters is 2. The smallest absolute Gasteiger partial charge is 0.341 e. The number of methoxy groups -OCH3 is 1. The van der Waals surface area contributed by atoms with Crippen molar-refractivity contribution in [2.75, 3.05) is 7.11 Å². The lowest BCUT2D eigenvalue weighted by atomic mass is 10.2. The standard InChI is InChI=1S/C12H19NO5/c1-12(2,3)17-10(14)6-5-8-7-9(18-13-8)11(15)16-4/h7,9,13H,5-6H2,1-4H3. The molecule has 0 aromatic carbocycles. The van der Waals surface area contributed by atoms with E-state index in [0.29, 0.717) is 12.1 Å². The Labute approximate surface area is 106 Å². The monoisotopic (exact) mass is 257 g/mol. The Balaban J connectivity index is 2.37. The van der Waals surface area contributed by atoms with Crippen LogP contribution in [0.5, 0.6) is 0 Å². The van der Waals surface area contributed by atoms with E-state index in [1.165, 1.54) is 7.11 Å². The lowest BCUT2D eigenvalue weighted by Crippen LogP contribution is -2.24. The third-order valence-corrected chi connectivity index (χ3v) is 2.12. The summed E-state index contributed by atoms with van der Waals surface area (Å²) in [6, 6.07) is 0. The van der Waals surface area contributed by atoms with Gasteiger partial charge in [0.15, 0.2) is 0 Å². The molecular formula is C12H19NO5. The maximum atomic E-state index is 11.5. The lowest BCUT2D eigenvalue weighted by molar-refractivity contribution is -0.155. The fourth-order valence-electron chi connectivity index (χ4n) is 1.39. The minimum absolute atomic E-state index is 0.230. The molecular weight excluding hydrogens is 238 g/mol. The van der Waals surface area contributed by atoms with Gasteiger partial charge in [0.2, 0.25) is 6.10 Å². The van der Waals surface area contributed by atoms with Crippen LogP contribution in [0.4, 0.5) is 0 Å². The molecule has 18 heavy (non-hydrogen) atoms. The Morgan fingerprint density at radius 1 is 1.44 bits per heavy atom. The average Bonchev–Trinajstić information content (AvgIpc) is 2.71. The summed E-state index contributed by atoms with van der Waals surface area (Å²) in [7, 11) is 1.29. The molecule has 0 aliphatic carbocycles. The van der Waals surface area contributed by atoms with Crippen LogP contribution >= 0.6 is 0 Å². The number of nitrogens with one attached hydrogen (secondary N) is 1. The van der Waals surface area contributed by atoms with E-state index in [2.05, 4.69) is 10.2 Å². The van der Waals surface area contributed by atoms with E-state index in [0.717, 1.165) is 0 Å². The molecule has 1 aliphatic heterocycles. The van der Waals surface area contributed by atoms with Gasteiger partial charge in [0, 0.05) is 5.70 Å². The maximum absolute atomic E-state index is 11.5. The molecule has 0 amide bonds. The van der Waals surface area contributed by atoms with Crippen LogP contribution in [0.1, 0.15) is 33.6 Å². The molecule has 0 aromatic rings. The molecule has 1 aliphatic rings. The number of carbonyl (C=O) groups is 2. The number of rotatable bonds is 4. The summed E-state index contributed by atoms with van der Waals surface area (Å²) in [6.45, 7) is 5.44. The molecule has 0 saturated heterocycles. The van der Waals surface area contributed by atoms with Crippen molar-refractivity contribution < 1.29 is 23.9 Å². The van der Waals surface area contributed by atoms with Gasteiger partial charge in [0.1, 0.15) is 5.60 Å². The van der Waals surface area contributed by atoms with E-state index in [-0.39, 0.29) is 12.4 Å². The van der Waals surface area contributed by atoms with E-state index in [4.69, 9.17) is 9.57 Å². The Hall–Kier alpha value is -1.56. The van der Waals surface area contributed by atoms with Crippen LogP contribution in [0.25, 0.3) is 0 Å². The second-order valence-electron chi connectivity index (χ2n) is 4.94. The van der Waals surface area contributed by atoms with E-state index >= 15 is 0 Å². The third-order valence-electron chi connectivity index (χ3n) is 2.12. The van der Waals surface area contributed by atoms with E-state index in [9.17, 15) is 9.59 Å². The van der Waals surface area contributed by atoms with Crippen molar-refractivity contribution in [3.05, 3.63) is 11.8 Å². The van der Waals surface area contributed by atoms with Gasteiger partial charge < -0.3 is 9.47 Å². The molecule has 0 saturated carbocycles. The van der Waals surface area contributed by atoms with Crippen molar-refractivity contribution in [1.29, 1.82) is 0 Å². The van der Waals surface area contributed by atoms with E-state index in [1.54, 1.807) is 6.08 Å². The van der Waals surface area contributed by atoms with Crippen LogP contribution in [0.3, 0.4) is 0 Å². The highest BCUT2D eigenvalue weighted by molar-refractivity contribution is 5.77. The van der Waals surface area contributed by atoms with Gasteiger partial charge in [-0.2, -0.15) is 0 Å². The molecule has 6 nitrogen and oxygen atoms in total. The number of hydrogen-bond donors (Lipinski definition) is 1. The van der Waals surface area contributed by atoms with Crippen LogP contribution < -0.4 is 5.48 Å². The molecule has 1 atom stereocenters. The summed E-state index contributed by atoms with van der Waals surface area (Å²) in [4.78, 5) is 27.6. The highest BCUT2D eigenvalue weighted by Gasteiger charge is 2.25. The number of hydroxylamine groups is 1. The summed E-state index contributed by atoms with van der Waals surface area (Å²) in [5.74, 6) is -0.763. The Morgan fingerprint density at radius 3 is 2.67 bits per heavy atom. The quantitative estimate of drug-likeness (QED) is 0.759. The van der Waals surface area contributed by atoms with Crippen molar-refractivity contribution in [2.24, 2.45) is 0 Å². The zero-order valence-electron chi connectivity index (χ0n) is 11.1. The second kappa shape index (κ2) is 5.86. The molecule has 102 valence electrons. The Kier molecular flexibility index (Phi) is 4.72. The summed E-state index contributed by atoms with van der Waals surface area (Å²) in [5, 5.41) is 0. The van der Waals surface area contributed by atoms with Crippen molar-refractivity contribution in [3.8, 4) is 0 Å². The normalized spacial score (nSPS) is 18.9. The summed E-state index contributed by atoms with van der Waals surface area (Å²) >= 11 is 0. The first-order chi connectivity index (χ1) is 8.31. The van der Waals surface area contributed by atoms with Gasteiger partial charge in [0.25, 0.3) is 0 Å². The average molecular weight is 257 g/mol. The van der Waals surface area contributed by atoms with Crippen molar-refractivity contribution in [3.63, 3.8) is 0 Å². The fourth-order valence-corrected chi connectivity index (χ4v) is 1.39. The molecule has 1 rings (SSSR count). The molecule has 1 heterocycles. The van der Waals surface area contributed by atoms with Gasteiger partial charge in [-0.1, -0.05) is 0 Å². The van der Waals surface area contributed by atoms with Crippen molar-refractivity contribution >= 4 is 11.9 Å². The molecule has 0 fully saturated rings. The van der Waals surface area contributed by atoms with Crippen molar-refractivity contribution in [1.82, 2.24) is 5.48 Å². The number of ether oxygens (including phenoxy) is 2. The van der Waals surface area contributed by atoms with Crippen LogP contribution in [0.15, 0.2) is 11.8 Å².